The molecule has 252 valence electrons. The minimum Gasteiger partial charge on any atom is -0.463 e. The van der Waals surface area contributed by atoms with Crippen molar-refractivity contribution in [2.45, 2.75) is 82.6 Å². The van der Waals surface area contributed by atoms with Crippen LogP contribution in [0, 0.1) is 11.7 Å². The summed E-state index contributed by atoms with van der Waals surface area (Å²) in [4.78, 5) is 44.8. The first-order chi connectivity index (χ1) is 22.6. The molecule has 2 aliphatic heterocycles. The molecule has 2 saturated heterocycles. The Bertz CT molecular complexity index is 1600. The van der Waals surface area contributed by atoms with E-state index in [4.69, 9.17) is 20.8 Å². The zero-order valence-corrected chi connectivity index (χ0v) is 28.0. The topological polar surface area (TPSA) is 95.3 Å². The zero-order valence-electron chi connectivity index (χ0n) is 27.3. The highest BCUT2D eigenvalue weighted by Crippen LogP contribution is 2.32. The van der Waals surface area contributed by atoms with Crippen molar-refractivity contribution >= 4 is 46.4 Å². The van der Waals surface area contributed by atoms with Crippen LogP contribution in [0.5, 0.6) is 0 Å². The molecule has 1 N–H and O–H groups in total. The van der Waals surface area contributed by atoms with E-state index in [0.717, 1.165) is 51.5 Å². The molecule has 11 heteroatoms. The second-order valence-corrected chi connectivity index (χ2v) is 14.0. The molecule has 3 fully saturated rings. The molecule has 3 heterocycles. The normalized spacial score (nSPS) is 27.3. The first-order valence-corrected chi connectivity index (χ1v) is 17.1. The van der Waals surface area contributed by atoms with Crippen LogP contribution in [0.15, 0.2) is 47.1 Å². The Morgan fingerprint density at radius 1 is 1.09 bits per heavy atom. The lowest BCUT2D eigenvalue weighted by molar-refractivity contribution is -0.133. The predicted molar refractivity (Wildman–Crippen MR) is 179 cm³/mol. The molecule has 1 aromatic heterocycles. The maximum Gasteiger partial charge on any atom is 0.259 e. The Morgan fingerprint density at radius 3 is 2.53 bits per heavy atom. The molecule has 1 aliphatic carbocycles. The van der Waals surface area contributed by atoms with Crippen LogP contribution < -0.4 is 5.32 Å². The standard InChI is InChI=1S/C36H44ClFN4O5/c1-22-16-41(17-23(2)40(22)3)26-14-27(20-46-28-10-8-24(19-43)9-11-28)42(18-26)35(44)13-25-12-31(37)33(15-32(25)38)39-36(45)30-21-47-34-7-5-4-6-29(30)34/h4-7,12,15,19,21-24,26-28H,8-11,13-14,16-18,20H2,1-3H3,(H,39,45)/t22-,23+,24?,26-,27-,28?/m0/s1. The quantitative estimate of drug-likeness (QED) is 0.289. The number of hydrogen-bond acceptors (Lipinski definition) is 7. The molecule has 6 rings (SSSR count). The van der Waals surface area contributed by atoms with Crippen LogP contribution in [0.3, 0.4) is 0 Å². The Balaban J connectivity index is 1.14. The highest BCUT2D eigenvalue weighted by molar-refractivity contribution is 6.34. The highest BCUT2D eigenvalue weighted by Gasteiger charge is 2.41. The summed E-state index contributed by atoms with van der Waals surface area (Å²) < 4.78 is 27.3. The third kappa shape index (κ3) is 7.41. The first kappa shape index (κ1) is 33.6. The van der Waals surface area contributed by atoms with Crippen LogP contribution in [0.1, 0.15) is 61.9 Å². The molecule has 1 saturated carbocycles. The number of furan rings is 1. The number of aldehydes is 1. The van der Waals surface area contributed by atoms with Gasteiger partial charge >= 0.3 is 0 Å². The van der Waals surface area contributed by atoms with Crippen molar-refractivity contribution in [3.05, 3.63) is 64.6 Å². The molecule has 0 radical (unpaired) electrons. The lowest BCUT2D eigenvalue weighted by Crippen LogP contribution is -2.58. The summed E-state index contributed by atoms with van der Waals surface area (Å²) in [6.07, 6.45) is 6.45. The van der Waals surface area contributed by atoms with Crippen molar-refractivity contribution < 1.29 is 27.9 Å². The van der Waals surface area contributed by atoms with Crippen molar-refractivity contribution in [1.29, 1.82) is 0 Å². The van der Waals surface area contributed by atoms with Gasteiger partial charge in [0.1, 0.15) is 23.9 Å². The van der Waals surface area contributed by atoms with Gasteiger partial charge in [-0.15, -0.1) is 0 Å². The average Bonchev–Trinajstić information content (AvgIpc) is 3.70. The van der Waals surface area contributed by atoms with Gasteiger partial charge in [0, 0.05) is 49.1 Å². The molecule has 9 nitrogen and oxygen atoms in total. The largest absolute Gasteiger partial charge is 0.463 e. The third-order valence-corrected chi connectivity index (χ3v) is 10.8. The third-order valence-electron chi connectivity index (χ3n) is 10.5. The fourth-order valence-corrected chi connectivity index (χ4v) is 7.66. The summed E-state index contributed by atoms with van der Waals surface area (Å²) >= 11 is 6.53. The Kier molecular flexibility index (Phi) is 10.3. The second-order valence-electron chi connectivity index (χ2n) is 13.6. The molecular weight excluding hydrogens is 623 g/mol. The summed E-state index contributed by atoms with van der Waals surface area (Å²) in [5, 5.41) is 3.46. The van der Waals surface area contributed by atoms with E-state index in [2.05, 4.69) is 36.0 Å². The minimum absolute atomic E-state index is 0.0740. The van der Waals surface area contributed by atoms with Crippen molar-refractivity contribution in [3.8, 4) is 0 Å². The van der Waals surface area contributed by atoms with Crippen LogP contribution in [0.25, 0.3) is 11.0 Å². The van der Waals surface area contributed by atoms with E-state index in [9.17, 15) is 14.4 Å². The number of piperazine rings is 1. The van der Waals surface area contributed by atoms with Crippen molar-refractivity contribution in [2.75, 3.05) is 38.6 Å². The first-order valence-electron chi connectivity index (χ1n) is 16.7. The number of fused-ring (bicyclic) bond motifs is 1. The number of halogens is 2. The van der Waals surface area contributed by atoms with E-state index in [1.807, 2.05) is 11.0 Å². The van der Waals surface area contributed by atoms with Gasteiger partial charge < -0.3 is 24.2 Å². The fourth-order valence-electron chi connectivity index (χ4n) is 7.43. The minimum atomic E-state index is -0.618. The van der Waals surface area contributed by atoms with Gasteiger partial charge in [0.15, 0.2) is 0 Å². The van der Waals surface area contributed by atoms with Gasteiger partial charge in [0.05, 0.1) is 41.4 Å². The maximum atomic E-state index is 15.5. The van der Waals surface area contributed by atoms with Gasteiger partial charge in [-0.1, -0.05) is 29.8 Å². The second kappa shape index (κ2) is 14.4. The van der Waals surface area contributed by atoms with Gasteiger partial charge in [-0.25, -0.2) is 4.39 Å². The molecule has 2 amide bonds. The van der Waals surface area contributed by atoms with E-state index < -0.39 is 11.7 Å². The van der Waals surface area contributed by atoms with Crippen LogP contribution in [0.4, 0.5) is 10.1 Å². The molecule has 3 aromatic rings. The molecule has 0 spiro atoms. The lowest BCUT2D eigenvalue weighted by atomic mass is 9.88. The number of carbonyl (C=O) groups excluding carboxylic acids is 3. The number of likely N-dealkylation sites (tertiary alicyclic amines) is 1. The molecule has 4 atom stereocenters. The van der Waals surface area contributed by atoms with Crippen LogP contribution in [0.2, 0.25) is 5.02 Å². The SMILES string of the molecule is C[C@@H]1CN([C@H]2C[C@@H](COC3CCC(C=O)CC3)N(C(=O)Cc3cc(Cl)c(NC(=O)c4coc5ccccc45)cc3F)C2)C[C@H](C)N1C. The number of para-hydroxylation sites is 1. The molecule has 0 bridgehead atoms. The van der Waals surface area contributed by atoms with E-state index in [1.54, 1.807) is 18.2 Å². The van der Waals surface area contributed by atoms with Gasteiger partial charge in [-0.05, 0) is 76.8 Å². The summed E-state index contributed by atoms with van der Waals surface area (Å²) in [5.74, 6) is -1.17. The number of rotatable bonds is 9. The van der Waals surface area contributed by atoms with Crippen LogP contribution >= 0.6 is 11.6 Å². The smallest absolute Gasteiger partial charge is 0.259 e. The van der Waals surface area contributed by atoms with Crippen LogP contribution in [-0.2, 0) is 20.7 Å². The molecule has 0 unspecified atom stereocenters. The number of likely N-dealkylation sites (N-methyl/N-ethyl adjacent to an activating group) is 1. The summed E-state index contributed by atoms with van der Waals surface area (Å²) in [6.45, 7) is 7.26. The van der Waals surface area contributed by atoms with Crippen molar-refractivity contribution in [3.63, 3.8) is 0 Å². The number of amides is 2. The van der Waals surface area contributed by atoms with Crippen molar-refractivity contribution in [2.24, 2.45) is 5.92 Å². The highest BCUT2D eigenvalue weighted by atomic mass is 35.5. The Labute approximate surface area is 280 Å². The number of ether oxygens (including phenoxy) is 1. The van der Waals surface area contributed by atoms with E-state index in [0.29, 0.717) is 41.8 Å². The van der Waals surface area contributed by atoms with Gasteiger partial charge in [0.25, 0.3) is 5.91 Å². The number of anilines is 1. The maximum absolute atomic E-state index is 15.5. The fraction of sp³-hybridized carbons (Fsp3) is 0.528. The summed E-state index contributed by atoms with van der Waals surface area (Å²) in [6, 6.07) is 10.6. The van der Waals surface area contributed by atoms with E-state index >= 15 is 4.39 Å². The molecule has 47 heavy (non-hydrogen) atoms. The van der Waals surface area contributed by atoms with Gasteiger partial charge in [-0.3, -0.25) is 19.4 Å². The number of nitrogens with one attached hydrogen (secondary N) is 1. The van der Waals surface area contributed by atoms with Crippen LogP contribution in [-0.4, -0.2) is 96.4 Å². The number of carbonyl (C=O) groups is 3. The lowest BCUT2D eigenvalue weighted by Gasteiger charge is -2.44. The molecule has 2 aromatic carbocycles. The summed E-state index contributed by atoms with van der Waals surface area (Å²) in [7, 11) is 2.16. The van der Waals surface area contributed by atoms with Crippen molar-refractivity contribution in [1.82, 2.24) is 14.7 Å². The monoisotopic (exact) mass is 666 g/mol. The summed E-state index contributed by atoms with van der Waals surface area (Å²) in [5.41, 5.74) is 1.17. The van der Waals surface area contributed by atoms with E-state index in [-0.39, 0.29) is 52.7 Å². The average molecular weight is 667 g/mol. The number of hydrogen-bond donors (Lipinski definition) is 1. The number of nitrogens with zero attached hydrogens (tertiary/aromatic N) is 3. The Hall–Kier alpha value is -3.31. The number of benzene rings is 2. The van der Waals surface area contributed by atoms with E-state index in [1.165, 1.54) is 18.4 Å². The molecule has 3 aliphatic rings. The zero-order chi connectivity index (χ0) is 33.2. The van der Waals surface area contributed by atoms with Gasteiger partial charge in [0.2, 0.25) is 5.91 Å². The molecular formula is C36H44ClFN4O5. The predicted octanol–water partition coefficient (Wildman–Crippen LogP) is 5.79. The van der Waals surface area contributed by atoms with Gasteiger partial charge in [-0.2, -0.15) is 0 Å². The Morgan fingerprint density at radius 2 is 1.81 bits per heavy atom.